The zero-order valence-electron chi connectivity index (χ0n) is 19.9. The van der Waals surface area contributed by atoms with Gasteiger partial charge >= 0.3 is 5.97 Å². The number of rotatable bonds is 6. The van der Waals surface area contributed by atoms with E-state index in [4.69, 9.17) is 32.7 Å². The molecule has 2 aromatic carbocycles. The number of halogens is 3. The smallest absolute Gasteiger partial charge is 0.341 e. The molecule has 0 amide bonds. The number of esters is 1. The first-order valence-corrected chi connectivity index (χ1v) is 12.0. The number of nitrogens with zero attached hydrogens (tertiary/aromatic N) is 1. The van der Waals surface area contributed by atoms with Crippen molar-refractivity contribution in [2.75, 3.05) is 19.7 Å². The Hall–Kier alpha value is -1.82. The number of hydrogen-bond donors (Lipinski definition) is 0. The van der Waals surface area contributed by atoms with E-state index in [1.54, 1.807) is 26.8 Å². The zero-order chi connectivity index (χ0) is 24.3. The fourth-order valence-electron chi connectivity index (χ4n) is 4.05. The lowest BCUT2D eigenvalue weighted by atomic mass is 9.95. The number of ether oxygens (including phenoxy) is 2. The normalized spacial score (nSPS) is 16.5. The summed E-state index contributed by atoms with van der Waals surface area (Å²) in [6.07, 6.45) is 1.96. The van der Waals surface area contributed by atoms with Gasteiger partial charge in [-0.3, -0.25) is 4.90 Å². The van der Waals surface area contributed by atoms with Crippen LogP contribution < -0.4 is 4.74 Å². The average molecular weight is 496 g/mol. The van der Waals surface area contributed by atoms with Crippen LogP contribution in [0.4, 0.5) is 4.39 Å². The Morgan fingerprint density at radius 2 is 1.73 bits per heavy atom. The molecule has 0 saturated carbocycles. The Kier molecular flexibility index (Phi) is 8.31. The number of hydrogen-bond acceptors (Lipinski definition) is 4. The Labute approximate surface area is 206 Å². The van der Waals surface area contributed by atoms with Crippen molar-refractivity contribution in [1.29, 1.82) is 0 Å². The molecule has 0 N–H and O–H groups in total. The molecule has 180 valence electrons. The Balaban J connectivity index is 1.55. The molecule has 1 atom stereocenters. The predicted octanol–water partition coefficient (Wildman–Crippen LogP) is 7.25. The fourth-order valence-corrected chi connectivity index (χ4v) is 4.59. The fraction of sp³-hybridized carbons (Fsp3) is 0.500. The van der Waals surface area contributed by atoms with E-state index in [0.29, 0.717) is 33.9 Å². The van der Waals surface area contributed by atoms with Gasteiger partial charge in [-0.2, -0.15) is 0 Å². The Bertz CT molecular complexity index is 978. The summed E-state index contributed by atoms with van der Waals surface area (Å²) < 4.78 is 25.8. The van der Waals surface area contributed by atoms with Crippen LogP contribution >= 0.6 is 23.2 Å². The summed E-state index contributed by atoms with van der Waals surface area (Å²) in [5.74, 6) is -0.459. The molecule has 0 spiro atoms. The van der Waals surface area contributed by atoms with E-state index in [2.05, 4.69) is 11.8 Å². The van der Waals surface area contributed by atoms with E-state index in [9.17, 15) is 9.18 Å². The third kappa shape index (κ3) is 7.08. The standard InChI is InChI=1S/C26H32Cl2FNO3/c1-16-10-22(25(31)33-26(3,4)5)23(29)14-24(16)32-15-18-6-8-30(9-7-18)17(2)19-11-20(27)13-21(28)12-19/h10-14,17-18H,6-9,15H2,1-5H3. The molecule has 1 aliphatic rings. The molecule has 0 aromatic heterocycles. The summed E-state index contributed by atoms with van der Waals surface area (Å²) in [4.78, 5) is 14.7. The number of benzene rings is 2. The van der Waals surface area contributed by atoms with Crippen molar-refractivity contribution in [3.63, 3.8) is 0 Å². The quantitative estimate of drug-likeness (QED) is 0.395. The van der Waals surface area contributed by atoms with Gasteiger partial charge in [0.1, 0.15) is 17.2 Å². The molecule has 1 fully saturated rings. The average Bonchev–Trinajstić information content (AvgIpc) is 2.72. The number of aryl methyl sites for hydroxylation is 1. The second kappa shape index (κ2) is 10.6. The van der Waals surface area contributed by atoms with Gasteiger partial charge in [-0.1, -0.05) is 23.2 Å². The lowest BCUT2D eigenvalue weighted by molar-refractivity contribution is 0.00645. The van der Waals surface area contributed by atoms with E-state index < -0.39 is 17.4 Å². The Morgan fingerprint density at radius 1 is 1.12 bits per heavy atom. The number of piperidine rings is 1. The van der Waals surface area contributed by atoms with Crippen molar-refractivity contribution in [3.8, 4) is 5.75 Å². The predicted molar refractivity (Wildman–Crippen MR) is 131 cm³/mol. The molecule has 0 radical (unpaired) electrons. The van der Waals surface area contributed by atoms with Crippen LogP contribution in [-0.4, -0.2) is 36.2 Å². The van der Waals surface area contributed by atoms with Crippen molar-refractivity contribution in [1.82, 2.24) is 4.90 Å². The first-order valence-electron chi connectivity index (χ1n) is 11.3. The maximum Gasteiger partial charge on any atom is 0.341 e. The number of carbonyl (C=O) groups excluding carboxylic acids is 1. The summed E-state index contributed by atoms with van der Waals surface area (Å²) >= 11 is 12.3. The highest BCUT2D eigenvalue weighted by Gasteiger charge is 2.26. The first kappa shape index (κ1) is 25.8. The van der Waals surface area contributed by atoms with E-state index >= 15 is 0 Å². The van der Waals surface area contributed by atoms with Gasteiger partial charge in [0.2, 0.25) is 0 Å². The van der Waals surface area contributed by atoms with Gasteiger partial charge in [-0.15, -0.1) is 0 Å². The van der Waals surface area contributed by atoms with Crippen LogP contribution in [0.3, 0.4) is 0 Å². The van der Waals surface area contributed by atoms with Crippen LogP contribution in [0.2, 0.25) is 10.0 Å². The molecule has 4 nitrogen and oxygen atoms in total. The van der Waals surface area contributed by atoms with E-state index in [1.807, 2.05) is 19.1 Å². The van der Waals surface area contributed by atoms with Crippen molar-refractivity contribution < 1.29 is 18.7 Å². The van der Waals surface area contributed by atoms with Crippen molar-refractivity contribution in [2.24, 2.45) is 5.92 Å². The van der Waals surface area contributed by atoms with Crippen molar-refractivity contribution >= 4 is 29.2 Å². The molecule has 1 saturated heterocycles. The molecule has 1 unspecified atom stereocenters. The topological polar surface area (TPSA) is 38.8 Å². The molecule has 33 heavy (non-hydrogen) atoms. The molecule has 1 heterocycles. The monoisotopic (exact) mass is 495 g/mol. The van der Waals surface area contributed by atoms with Crippen molar-refractivity contribution in [2.45, 2.75) is 59.1 Å². The minimum absolute atomic E-state index is 0.0711. The van der Waals surface area contributed by atoms with Crippen LogP contribution in [0.15, 0.2) is 30.3 Å². The number of carbonyl (C=O) groups is 1. The van der Waals surface area contributed by atoms with Gasteiger partial charge in [0.05, 0.1) is 12.2 Å². The second-order valence-electron chi connectivity index (χ2n) is 9.77. The van der Waals surface area contributed by atoms with E-state index in [0.717, 1.165) is 31.5 Å². The zero-order valence-corrected chi connectivity index (χ0v) is 21.4. The molecular weight excluding hydrogens is 464 g/mol. The van der Waals surface area contributed by atoms with Crippen LogP contribution in [0.25, 0.3) is 0 Å². The molecule has 1 aliphatic heterocycles. The molecule has 0 bridgehead atoms. The van der Waals surface area contributed by atoms with Gasteiger partial charge in [-0.05, 0) is 102 Å². The summed E-state index contributed by atoms with van der Waals surface area (Å²) in [6.45, 7) is 11.6. The maximum atomic E-state index is 14.6. The minimum Gasteiger partial charge on any atom is -0.493 e. The molecule has 0 aliphatic carbocycles. The third-order valence-corrected chi connectivity index (χ3v) is 6.36. The van der Waals surface area contributed by atoms with Gasteiger partial charge in [0.25, 0.3) is 0 Å². The third-order valence-electron chi connectivity index (χ3n) is 5.92. The SMILES string of the molecule is Cc1cc(C(=O)OC(C)(C)C)c(F)cc1OCC1CCN(C(C)c2cc(Cl)cc(Cl)c2)CC1. The van der Waals surface area contributed by atoms with Gasteiger partial charge in [0, 0.05) is 22.2 Å². The van der Waals surface area contributed by atoms with Gasteiger partial charge in [0.15, 0.2) is 0 Å². The summed E-state index contributed by atoms with van der Waals surface area (Å²) in [7, 11) is 0. The molecular formula is C26H32Cl2FNO3. The van der Waals surface area contributed by atoms with E-state index in [1.165, 1.54) is 12.1 Å². The van der Waals surface area contributed by atoms with Crippen LogP contribution in [0.5, 0.6) is 5.75 Å². The van der Waals surface area contributed by atoms with Crippen molar-refractivity contribution in [3.05, 3.63) is 62.9 Å². The van der Waals surface area contributed by atoms with Gasteiger partial charge < -0.3 is 9.47 Å². The minimum atomic E-state index is -0.683. The second-order valence-corrected chi connectivity index (χ2v) is 10.6. The number of likely N-dealkylation sites (tertiary alicyclic amines) is 1. The first-order chi connectivity index (χ1) is 15.4. The highest BCUT2D eigenvalue weighted by Crippen LogP contribution is 2.31. The molecule has 7 heteroatoms. The lowest BCUT2D eigenvalue weighted by Crippen LogP contribution is -2.37. The van der Waals surface area contributed by atoms with E-state index in [-0.39, 0.29) is 11.6 Å². The maximum absolute atomic E-state index is 14.6. The summed E-state index contributed by atoms with van der Waals surface area (Å²) in [5.41, 5.74) is 1.07. The Morgan fingerprint density at radius 3 is 2.30 bits per heavy atom. The molecule has 2 aromatic rings. The van der Waals surface area contributed by atoms with Crippen LogP contribution in [0, 0.1) is 18.7 Å². The largest absolute Gasteiger partial charge is 0.493 e. The highest BCUT2D eigenvalue weighted by molar-refractivity contribution is 6.34. The van der Waals surface area contributed by atoms with Gasteiger partial charge in [-0.25, -0.2) is 9.18 Å². The molecule has 3 rings (SSSR count). The van der Waals surface area contributed by atoms with Crippen LogP contribution in [-0.2, 0) is 4.74 Å². The van der Waals surface area contributed by atoms with Crippen LogP contribution in [0.1, 0.15) is 68.1 Å². The lowest BCUT2D eigenvalue weighted by Gasteiger charge is -2.36. The highest BCUT2D eigenvalue weighted by atomic mass is 35.5. The summed E-state index contributed by atoms with van der Waals surface area (Å²) in [5, 5.41) is 1.29. The summed E-state index contributed by atoms with van der Waals surface area (Å²) in [6, 6.07) is 8.68.